The van der Waals surface area contributed by atoms with Gasteiger partial charge in [0, 0.05) is 18.3 Å². The van der Waals surface area contributed by atoms with Crippen LogP contribution in [0.5, 0.6) is 11.5 Å². The molecule has 0 aromatic heterocycles. The van der Waals surface area contributed by atoms with Crippen LogP contribution in [0.25, 0.3) is 0 Å². The molecule has 1 heterocycles. The van der Waals surface area contributed by atoms with Crippen LogP contribution in [0.4, 0.5) is 0 Å². The number of para-hydroxylation sites is 2. The van der Waals surface area contributed by atoms with Crippen LogP contribution >= 0.6 is 0 Å². The molecule has 0 amide bonds. The minimum Gasteiger partial charge on any atom is -0.381 e. The number of ether oxygens (including phenoxy) is 1. The summed E-state index contributed by atoms with van der Waals surface area (Å²) >= 11 is 0. The quantitative estimate of drug-likeness (QED) is 0.623. The summed E-state index contributed by atoms with van der Waals surface area (Å²) in [5, 5.41) is 4.61. The van der Waals surface area contributed by atoms with Gasteiger partial charge in [-0.1, -0.05) is 36.4 Å². The lowest BCUT2D eigenvalue weighted by molar-refractivity contribution is -0.411. The van der Waals surface area contributed by atoms with Gasteiger partial charge >= 0.3 is 0 Å². The highest BCUT2D eigenvalue weighted by atomic mass is 17.5. The van der Waals surface area contributed by atoms with Gasteiger partial charge in [0.2, 0.25) is 0 Å². The lowest BCUT2D eigenvalue weighted by Gasteiger charge is -2.09. The molecule has 100 valence electrons. The second-order valence-electron chi connectivity index (χ2n) is 3.83. The van der Waals surface area contributed by atoms with Gasteiger partial charge in [-0.3, -0.25) is 9.78 Å². The van der Waals surface area contributed by atoms with Crippen molar-refractivity contribution in [3.8, 4) is 11.5 Å². The van der Waals surface area contributed by atoms with E-state index in [4.69, 9.17) is 14.5 Å². The van der Waals surface area contributed by atoms with Gasteiger partial charge in [-0.2, -0.15) is 0 Å². The monoisotopic (exact) mass is 260 g/mol. The van der Waals surface area contributed by atoms with Crippen molar-refractivity contribution in [2.24, 2.45) is 0 Å². The van der Waals surface area contributed by atoms with Gasteiger partial charge < -0.3 is 4.74 Å². The fourth-order valence-electron chi connectivity index (χ4n) is 1.19. The summed E-state index contributed by atoms with van der Waals surface area (Å²) in [6.07, 6.45) is 1.28. The zero-order valence-electron chi connectivity index (χ0n) is 10.5. The van der Waals surface area contributed by atoms with Gasteiger partial charge in [0.05, 0.1) is 0 Å². The Labute approximate surface area is 112 Å². The molecule has 2 aromatic rings. The first-order valence-corrected chi connectivity index (χ1v) is 6.14. The lowest BCUT2D eigenvalue weighted by atomic mass is 10.3. The standard InChI is InChI=1S/C12H10O3.C3H6O/c1-3-7-11(8-4-1)13-15-14-12-9-5-2-6-10-12;1-2-4-3-1/h1-10H;1-3H2. The molecule has 1 aliphatic heterocycles. The molecule has 0 saturated carbocycles. The average Bonchev–Trinajstić information content (AvgIpc) is 2.39. The molecule has 1 saturated heterocycles. The maximum Gasteiger partial charge on any atom is 0.169 e. The van der Waals surface area contributed by atoms with E-state index in [1.165, 1.54) is 6.42 Å². The van der Waals surface area contributed by atoms with Crippen LogP contribution in [0.2, 0.25) is 0 Å². The number of hydrogen-bond acceptors (Lipinski definition) is 4. The summed E-state index contributed by atoms with van der Waals surface area (Å²) in [5.74, 6) is 1.18. The Balaban J connectivity index is 0.000000284. The molecule has 0 radical (unpaired) electrons. The second-order valence-corrected chi connectivity index (χ2v) is 3.83. The minimum absolute atomic E-state index is 0.591. The maximum absolute atomic E-state index is 4.89. The summed E-state index contributed by atoms with van der Waals surface area (Å²) in [6.45, 7) is 2.00. The van der Waals surface area contributed by atoms with E-state index in [9.17, 15) is 0 Å². The predicted octanol–water partition coefficient (Wildman–Crippen LogP) is 3.40. The third-order valence-corrected chi connectivity index (χ3v) is 2.32. The molecule has 0 aliphatic carbocycles. The van der Waals surface area contributed by atoms with Crippen molar-refractivity contribution in [2.45, 2.75) is 6.42 Å². The molecular formula is C15H16O4. The molecule has 19 heavy (non-hydrogen) atoms. The molecular weight excluding hydrogens is 244 g/mol. The van der Waals surface area contributed by atoms with Crippen molar-refractivity contribution in [3.05, 3.63) is 60.7 Å². The van der Waals surface area contributed by atoms with E-state index >= 15 is 0 Å². The van der Waals surface area contributed by atoms with Crippen molar-refractivity contribution >= 4 is 0 Å². The molecule has 0 unspecified atom stereocenters. The van der Waals surface area contributed by atoms with Gasteiger partial charge in [0.1, 0.15) is 0 Å². The van der Waals surface area contributed by atoms with E-state index in [-0.39, 0.29) is 0 Å². The summed E-state index contributed by atoms with van der Waals surface area (Å²) < 4.78 is 4.72. The summed E-state index contributed by atoms with van der Waals surface area (Å²) in [6, 6.07) is 18.3. The maximum atomic E-state index is 4.89. The molecule has 0 N–H and O–H groups in total. The lowest BCUT2D eigenvalue weighted by Crippen LogP contribution is -2.09. The van der Waals surface area contributed by atoms with E-state index < -0.39 is 0 Å². The Morgan fingerprint density at radius 3 is 1.37 bits per heavy atom. The Morgan fingerprint density at radius 2 is 1.05 bits per heavy atom. The molecule has 2 aromatic carbocycles. The molecule has 0 atom stereocenters. The van der Waals surface area contributed by atoms with Gasteiger partial charge in [-0.25, -0.2) is 0 Å². The van der Waals surface area contributed by atoms with E-state index in [0.29, 0.717) is 11.5 Å². The molecule has 3 rings (SSSR count). The van der Waals surface area contributed by atoms with Gasteiger partial charge in [0.25, 0.3) is 0 Å². The highest BCUT2D eigenvalue weighted by molar-refractivity contribution is 5.21. The van der Waals surface area contributed by atoms with Gasteiger partial charge in [-0.05, 0) is 30.7 Å². The molecule has 1 aliphatic rings. The third kappa shape index (κ3) is 5.42. The molecule has 4 nitrogen and oxygen atoms in total. The summed E-state index contributed by atoms with van der Waals surface area (Å²) in [4.78, 5) is 9.78. The van der Waals surface area contributed by atoms with Crippen LogP contribution in [-0.4, -0.2) is 13.2 Å². The zero-order valence-corrected chi connectivity index (χ0v) is 10.5. The fraction of sp³-hybridized carbons (Fsp3) is 0.200. The van der Waals surface area contributed by atoms with Gasteiger partial charge in [-0.15, -0.1) is 0 Å². The van der Waals surface area contributed by atoms with E-state index in [0.717, 1.165) is 13.2 Å². The van der Waals surface area contributed by atoms with Gasteiger partial charge in [0.15, 0.2) is 11.5 Å². The summed E-state index contributed by atoms with van der Waals surface area (Å²) in [7, 11) is 0. The topological polar surface area (TPSA) is 36.9 Å². The summed E-state index contributed by atoms with van der Waals surface area (Å²) in [5.41, 5.74) is 0. The molecule has 0 bridgehead atoms. The molecule has 4 heteroatoms. The Kier molecular flexibility index (Phi) is 5.73. The Bertz CT molecular complexity index is 397. The highest BCUT2D eigenvalue weighted by Gasteiger charge is 1.95. The smallest absolute Gasteiger partial charge is 0.169 e. The van der Waals surface area contributed by atoms with Crippen LogP contribution in [0, 0.1) is 0 Å². The third-order valence-electron chi connectivity index (χ3n) is 2.32. The number of hydrogen-bond donors (Lipinski definition) is 0. The van der Waals surface area contributed by atoms with E-state index in [1.807, 2.05) is 36.4 Å². The van der Waals surface area contributed by atoms with Crippen LogP contribution in [0.1, 0.15) is 6.42 Å². The Hall–Kier alpha value is -2.04. The second kappa shape index (κ2) is 8.13. The zero-order chi connectivity index (χ0) is 13.2. The van der Waals surface area contributed by atoms with Crippen molar-refractivity contribution in [2.75, 3.05) is 13.2 Å². The first-order chi connectivity index (χ1) is 9.45. The Morgan fingerprint density at radius 1 is 0.684 bits per heavy atom. The molecule has 0 spiro atoms. The first-order valence-electron chi connectivity index (χ1n) is 6.14. The highest BCUT2D eigenvalue weighted by Crippen LogP contribution is 2.12. The predicted molar refractivity (Wildman–Crippen MR) is 70.7 cm³/mol. The molecule has 1 fully saturated rings. The van der Waals surface area contributed by atoms with E-state index in [2.05, 4.69) is 5.04 Å². The number of benzene rings is 2. The minimum atomic E-state index is 0.591. The van der Waals surface area contributed by atoms with E-state index in [1.54, 1.807) is 24.3 Å². The van der Waals surface area contributed by atoms with Crippen LogP contribution in [-0.2, 0) is 9.78 Å². The fourth-order valence-corrected chi connectivity index (χ4v) is 1.19. The van der Waals surface area contributed by atoms with Crippen LogP contribution in [0.3, 0.4) is 0 Å². The largest absolute Gasteiger partial charge is 0.381 e. The number of rotatable bonds is 4. The van der Waals surface area contributed by atoms with Crippen molar-refractivity contribution in [1.29, 1.82) is 0 Å². The normalized spacial score (nSPS) is 12.6. The van der Waals surface area contributed by atoms with Crippen molar-refractivity contribution < 1.29 is 19.6 Å². The average molecular weight is 260 g/mol. The van der Waals surface area contributed by atoms with Crippen LogP contribution in [0.15, 0.2) is 60.7 Å². The van der Waals surface area contributed by atoms with Crippen molar-refractivity contribution in [3.63, 3.8) is 0 Å². The first kappa shape index (κ1) is 13.4. The van der Waals surface area contributed by atoms with Crippen LogP contribution < -0.4 is 9.78 Å². The van der Waals surface area contributed by atoms with Crippen molar-refractivity contribution in [1.82, 2.24) is 0 Å². The SMILES string of the molecule is C1COC1.c1ccc(OOOc2ccccc2)cc1.